The Morgan fingerprint density at radius 1 is 1.04 bits per heavy atom. The number of halogens is 2. The first-order valence-corrected chi connectivity index (χ1v) is 7.26. The minimum atomic E-state index is -0.866. The maximum Gasteiger partial charge on any atom is 0.249 e. The summed E-state index contributed by atoms with van der Waals surface area (Å²) in [7, 11) is 2.67. The Bertz CT molecular complexity index is 966. The van der Waals surface area contributed by atoms with Crippen LogP contribution < -0.4 is 15.2 Å². The zero-order valence-electron chi connectivity index (χ0n) is 13.5. The molecule has 0 fully saturated rings. The predicted molar refractivity (Wildman–Crippen MR) is 88.7 cm³/mol. The van der Waals surface area contributed by atoms with Gasteiger partial charge in [0.15, 0.2) is 17.4 Å². The average molecular weight is 344 g/mol. The van der Waals surface area contributed by atoms with Crippen molar-refractivity contribution in [2.75, 3.05) is 14.2 Å². The van der Waals surface area contributed by atoms with Crippen LogP contribution in [0.2, 0.25) is 0 Å². The van der Waals surface area contributed by atoms with E-state index in [1.807, 2.05) is 0 Å². The number of pyridine rings is 1. The number of fused-ring (bicyclic) bond motifs is 1. The third-order valence-corrected chi connectivity index (χ3v) is 3.78. The fourth-order valence-electron chi connectivity index (χ4n) is 2.59. The highest BCUT2D eigenvalue weighted by atomic mass is 19.1. The molecule has 25 heavy (non-hydrogen) atoms. The lowest BCUT2D eigenvalue weighted by Crippen LogP contribution is -2.12. The van der Waals surface area contributed by atoms with E-state index in [2.05, 4.69) is 9.72 Å². The second-order valence-corrected chi connectivity index (χ2v) is 5.28. The number of nitrogens with two attached hydrogens (primary N) is 1. The summed E-state index contributed by atoms with van der Waals surface area (Å²) in [5.41, 5.74) is 6.45. The number of methoxy groups -OCH3 is 2. The van der Waals surface area contributed by atoms with Gasteiger partial charge in [0.1, 0.15) is 5.75 Å². The number of amides is 1. The van der Waals surface area contributed by atoms with Gasteiger partial charge in [-0.05, 0) is 36.4 Å². The smallest absolute Gasteiger partial charge is 0.249 e. The molecule has 3 rings (SSSR count). The minimum Gasteiger partial charge on any atom is -0.497 e. The van der Waals surface area contributed by atoms with E-state index in [1.165, 1.54) is 20.3 Å². The van der Waals surface area contributed by atoms with E-state index in [9.17, 15) is 13.6 Å². The first-order chi connectivity index (χ1) is 11.9. The first-order valence-electron chi connectivity index (χ1n) is 7.26. The maximum atomic E-state index is 14.0. The summed E-state index contributed by atoms with van der Waals surface area (Å²) in [4.78, 5) is 16.2. The van der Waals surface area contributed by atoms with Crippen LogP contribution in [0.4, 0.5) is 8.78 Å². The molecule has 128 valence electrons. The molecule has 1 amide bonds. The summed E-state index contributed by atoms with van der Waals surface area (Å²) in [5, 5.41) is 0.491. The van der Waals surface area contributed by atoms with Crippen LogP contribution in [0.15, 0.2) is 36.4 Å². The zero-order chi connectivity index (χ0) is 18.1. The molecule has 2 aromatic carbocycles. The van der Waals surface area contributed by atoms with Gasteiger partial charge in [-0.15, -0.1) is 0 Å². The number of primary amides is 1. The molecule has 0 aliphatic heterocycles. The Kier molecular flexibility index (Phi) is 4.22. The van der Waals surface area contributed by atoms with Gasteiger partial charge in [0.05, 0.1) is 31.0 Å². The third-order valence-electron chi connectivity index (χ3n) is 3.78. The van der Waals surface area contributed by atoms with Gasteiger partial charge < -0.3 is 15.2 Å². The number of nitrogens with zero attached hydrogens (tertiary/aromatic N) is 1. The highest BCUT2D eigenvalue weighted by molar-refractivity contribution is 6.06. The predicted octanol–water partition coefficient (Wildman–Crippen LogP) is 3.30. The van der Waals surface area contributed by atoms with Crippen molar-refractivity contribution in [1.82, 2.24) is 4.98 Å². The Balaban J connectivity index is 2.26. The SMILES string of the molecule is COc1ccc2nc(-c3cc(F)c(OC)c(F)c3)cc(C(N)=O)c2c1. The second kappa shape index (κ2) is 6.35. The summed E-state index contributed by atoms with van der Waals surface area (Å²) in [6, 6.07) is 8.50. The molecule has 0 atom stereocenters. The molecule has 1 heterocycles. The van der Waals surface area contributed by atoms with Crippen molar-refractivity contribution in [3.05, 3.63) is 53.6 Å². The van der Waals surface area contributed by atoms with Crippen molar-refractivity contribution < 1.29 is 23.0 Å². The molecule has 0 radical (unpaired) electrons. The van der Waals surface area contributed by atoms with E-state index in [-0.39, 0.29) is 16.8 Å². The summed E-state index contributed by atoms with van der Waals surface area (Å²) in [6.45, 7) is 0. The van der Waals surface area contributed by atoms with E-state index in [1.54, 1.807) is 18.2 Å². The topological polar surface area (TPSA) is 74.4 Å². The molecule has 0 saturated carbocycles. The lowest BCUT2D eigenvalue weighted by atomic mass is 10.0. The maximum absolute atomic E-state index is 14.0. The molecule has 0 bridgehead atoms. The lowest BCUT2D eigenvalue weighted by Gasteiger charge is -2.10. The van der Waals surface area contributed by atoms with Crippen LogP contribution >= 0.6 is 0 Å². The number of carbonyl (C=O) groups is 1. The van der Waals surface area contributed by atoms with Crippen LogP contribution in [-0.4, -0.2) is 25.1 Å². The highest BCUT2D eigenvalue weighted by Crippen LogP contribution is 2.31. The van der Waals surface area contributed by atoms with Crippen LogP contribution in [0.3, 0.4) is 0 Å². The van der Waals surface area contributed by atoms with Crippen molar-refractivity contribution in [2.45, 2.75) is 0 Å². The Morgan fingerprint density at radius 3 is 2.28 bits per heavy atom. The standard InChI is InChI=1S/C18H14F2N2O3/c1-24-10-3-4-15-11(7-10)12(18(21)23)8-16(22-15)9-5-13(19)17(25-2)14(20)6-9/h3-8H,1-2H3,(H2,21,23). The minimum absolute atomic E-state index is 0.163. The molecule has 0 saturated heterocycles. The summed E-state index contributed by atoms with van der Waals surface area (Å²) >= 11 is 0. The number of carbonyl (C=O) groups excluding carboxylic acids is 1. The van der Waals surface area contributed by atoms with Crippen LogP contribution in [-0.2, 0) is 0 Å². The summed E-state index contributed by atoms with van der Waals surface area (Å²) < 4.78 is 37.7. The zero-order valence-corrected chi connectivity index (χ0v) is 13.5. The van der Waals surface area contributed by atoms with Gasteiger partial charge in [0.2, 0.25) is 5.91 Å². The number of hydrogen-bond acceptors (Lipinski definition) is 4. The highest BCUT2D eigenvalue weighted by Gasteiger charge is 2.16. The van der Waals surface area contributed by atoms with Crippen LogP contribution in [0.1, 0.15) is 10.4 Å². The van der Waals surface area contributed by atoms with Gasteiger partial charge in [-0.25, -0.2) is 13.8 Å². The summed E-state index contributed by atoms with van der Waals surface area (Å²) in [5.74, 6) is -2.36. The van der Waals surface area contributed by atoms with Crippen LogP contribution in [0, 0.1) is 11.6 Å². The van der Waals surface area contributed by atoms with Crippen molar-refractivity contribution in [3.8, 4) is 22.8 Å². The van der Waals surface area contributed by atoms with Crippen molar-refractivity contribution in [1.29, 1.82) is 0 Å². The normalized spacial score (nSPS) is 10.7. The van der Waals surface area contributed by atoms with Gasteiger partial charge in [0, 0.05) is 10.9 Å². The molecule has 0 unspecified atom stereocenters. The molecule has 5 nitrogen and oxygen atoms in total. The third kappa shape index (κ3) is 2.96. The van der Waals surface area contributed by atoms with Gasteiger partial charge >= 0.3 is 0 Å². The van der Waals surface area contributed by atoms with Crippen LogP contribution in [0.25, 0.3) is 22.2 Å². The number of hydrogen-bond donors (Lipinski definition) is 1. The number of ether oxygens (including phenoxy) is 2. The average Bonchev–Trinajstić information content (AvgIpc) is 2.59. The Morgan fingerprint density at radius 2 is 1.72 bits per heavy atom. The second-order valence-electron chi connectivity index (χ2n) is 5.28. The van der Waals surface area contributed by atoms with Gasteiger partial charge in [-0.3, -0.25) is 4.79 Å². The van der Waals surface area contributed by atoms with E-state index in [0.29, 0.717) is 16.7 Å². The molecule has 0 spiro atoms. The molecule has 0 aliphatic rings. The molecule has 1 aromatic heterocycles. The van der Waals surface area contributed by atoms with E-state index < -0.39 is 23.3 Å². The number of rotatable bonds is 4. The van der Waals surface area contributed by atoms with Gasteiger partial charge in [0.25, 0.3) is 0 Å². The largest absolute Gasteiger partial charge is 0.497 e. The van der Waals surface area contributed by atoms with E-state index in [0.717, 1.165) is 12.1 Å². The Hall–Kier alpha value is -3.22. The molecule has 7 heteroatoms. The molecule has 2 N–H and O–H groups in total. The quantitative estimate of drug-likeness (QED) is 0.788. The monoisotopic (exact) mass is 344 g/mol. The van der Waals surface area contributed by atoms with Crippen LogP contribution in [0.5, 0.6) is 11.5 Å². The van der Waals surface area contributed by atoms with Gasteiger partial charge in [-0.1, -0.05) is 0 Å². The number of aromatic nitrogens is 1. The Labute approximate surface area is 142 Å². The van der Waals surface area contributed by atoms with Crippen molar-refractivity contribution in [3.63, 3.8) is 0 Å². The van der Waals surface area contributed by atoms with Gasteiger partial charge in [-0.2, -0.15) is 0 Å². The van der Waals surface area contributed by atoms with E-state index in [4.69, 9.17) is 10.5 Å². The van der Waals surface area contributed by atoms with Crippen molar-refractivity contribution >= 4 is 16.8 Å². The number of benzene rings is 2. The molecule has 3 aromatic rings. The summed E-state index contributed by atoms with van der Waals surface area (Å²) in [6.07, 6.45) is 0. The lowest BCUT2D eigenvalue weighted by molar-refractivity contribution is 0.100. The molecular formula is C18H14F2N2O3. The fourth-order valence-corrected chi connectivity index (χ4v) is 2.59. The molecular weight excluding hydrogens is 330 g/mol. The fraction of sp³-hybridized carbons (Fsp3) is 0.111. The first kappa shape index (κ1) is 16.6. The van der Waals surface area contributed by atoms with Crippen molar-refractivity contribution in [2.24, 2.45) is 5.73 Å². The van der Waals surface area contributed by atoms with E-state index >= 15 is 0 Å². The molecule has 0 aliphatic carbocycles.